The van der Waals surface area contributed by atoms with Gasteiger partial charge >= 0.3 is 49.3 Å². The van der Waals surface area contributed by atoms with Gasteiger partial charge in [-0.25, -0.2) is 14.2 Å². The molecule has 0 spiro atoms. The Labute approximate surface area is 402 Å². The van der Waals surface area contributed by atoms with Crippen LogP contribution in [0.15, 0.2) is 68.6 Å². The van der Waals surface area contributed by atoms with Crippen molar-refractivity contribution in [1.29, 1.82) is 0 Å². The summed E-state index contributed by atoms with van der Waals surface area (Å²) in [5, 5.41) is 56.2. The van der Waals surface area contributed by atoms with Crippen molar-refractivity contribution in [3.63, 3.8) is 0 Å². The van der Waals surface area contributed by atoms with Crippen LogP contribution in [0.25, 0.3) is 0 Å². The largest absolute Gasteiger partial charge is 1.00 e. The van der Waals surface area contributed by atoms with E-state index in [1.807, 2.05) is 67.5 Å². The normalized spacial score (nSPS) is 25.6. The summed E-state index contributed by atoms with van der Waals surface area (Å²) < 4.78 is 57.9. The van der Waals surface area contributed by atoms with Crippen molar-refractivity contribution in [3.8, 4) is 0 Å². The number of ether oxygens (including phenoxy) is 2. The first-order chi connectivity index (χ1) is 28.8. The number of allylic oxidation sites excluding steroid dienone is 6. The van der Waals surface area contributed by atoms with Crippen LogP contribution in [-0.2, 0) is 60.4 Å². The number of phosphoric acid groups is 2. The van der Waals surface area contributed by atoms with Gasteiger partial charge in [-0.2, -0.15) is 0 Å². The summed E-state index contributed by atoms with van der Waals surface area (Å²) in [6.45, 7) is 18.2. The van der Waals surface area contributed by atoms with Crippen molar-refractivity contribution in [2.24, 2.45) is 10.8 Å². The third-order valence-corrected chi connectivity index (χ3v) is 13.0. The second-order valence-corrected chi connectivity index (χ2v) is 20.4. The Bertz CT molecular complexity index is 2080. The van der Waals surface area contributed by atoms with Gasteiger partial charge in [0.15, 0.2) is 35.3 Å². The van der Waals surface area contributed by atoms with Crippen molar-refractivity contribution >= 4 is 55.1 Å². The molecule has 2 aliphatic heterocycles. The van der Waals surface area contributed by atoms with Gasteiger partial charge in [-0.1, -0.05) is 66.9 Å². The fraction of sp³-hybridized carbons (Fsp3) is 0.600. The zero-order chi connectivity index (χ0) is 48.7. The first kappa shape index (κ1) is 59.6. The maximum Gasteiger partial charge on any atom is 1.00 e. The van der Waals surface area contributed by atoms with Crippen LogP contribution in [-0.4, -0.2) is 117 Å². The van der Waals surface area contributed by atoms with Crippen LogP contribution >= 0.6 is 31.6 Å². The van der Waals surface area contributed by atoms with Crippen LogP contribution in [0.1, 0.15) is 82.1 Å². The van der Waals surface area contributed by atoms with Crippen molar-refractivity contribution in [2.75, 3.05) is 26.2 Å². The van der Waals surface area contributed by atoms with Crippen LogP contribution in [0.5, 0.6) is 0 Å². The van der Waals surface area contributed by atoms with Crippen molar-refractivity contribution < 1.29 is 125 Å². The Kier molecular flexibility index (Phi) is 22.3. The van der Waals surface area contributed by atoms with Crippen molar-refractivity contribution in [2.45, 2.75) is 119 Å². The number of aliphatic hydroxyl groups excluding tert-OH is 6. The summed E-state index contributed by atoms with van der Waals surface area (Å²) in [5.74, 6) is -6.24. The first-order valence-electron chi connectivity index (χ1n) is 19.2. The second kappa shape index (κ2) is 24.0. The predicted octanol–water partition coefficient (Wildman–Crippen LogP) is 2.81. The number of phosphoric ester groups is 2. The molecule has 0 bridgehead atoms. The maximum absolute atomic E-state index is 12.9. The van der Waals surface area contributed by atoms with Crippen LogP contribution in [0.2, 0.25) is 0 Å². The van der Waals surface area contributed by atoms with Gasteiger partial charge in [0.1, 0.15) is 24.4 Å². The van der Waals surface area contributed by atoms with E-state index in [1.165, 1.54) is 0 Å². The fourth-order valence-electron chi connectivity index (χ4n) is 6.72. The number of carbonyl (C=O) groups is 4. The standard InChI is InChI=1S/C20H29O10P.C14H23O5P.C6H7BrO5.Na/c1-10(2)7-12-11(3)15(22)14(8-20(12,4)5)30-31(26,27-6)28-9-13(21)18-16(23)17(24)19(25)29-18;1-9(2)7-11-10(3)13(15)12(8-14(11,4)5)19-20(16,17)18-6;7-1-2(8)5-3(9)4(10)6(11)12-5;/h7,13-14,18,21,23-24H,8-9H2,1-6H3;7,12H,8H2,1-6H3,(H,16,17);2,5,8-10H,1H2;/q;;;+1/p-1/t13-,14?,18+,31?;;2-,5+;/m0.0./s1. The van der Waals surface area contributed by atoms with E-state index in [0.29, 0.717) is 17.6 Å². The van der Waals surface area contributed by atoms with Gasteiger partial charge in [-0.05, 0) is 87.5 Å². The van der Waals surface area contributed by atoms with Gasteiger partial charge in [-0.3, -0.25) is 27.7 Å². The zero-order valence-corrected chi connectivity index (χ0v) is 43.5. The van der Waals surface area contributed by atoms with Gasteiger partial charge in [0.05, 0.1) is 6.61 Å². The van der Waals surface area contributed by atoms with E-state index in [9.17, 15) is 48.5 Å². The molecule has 2 heterocycles. The van der Waals surface area contributed by atoms with Gasteiger partial charge < -0.3 is 54.1 Å². The van der Waals surface area contributed by atoms with Crippen LogP contribution in [0.4, 0.5) is 0 Å². The Morgan fingerprint density at radius 3 is 1.44 bits per heavy atom. The van der Waals surface area contributed by atoms with E-state index < -0.39 is 99.3 Å². The third-order valence-electron chi connectivity index (χ3n) is 9.95. The average Bonchev–Trinajstić information content (AvgIpc) is 3.61. The number of hydrogen-bond donors (Lipinski definition) is 6. The number of hydrogen-bond acceptors (Lipinski definition) is 20. The molecule has 4 unspecified atom stereocenters. The maximum atomic E-state index is 12.9. The number of ketones is 2. The van der Waals surface area contributed by atoms with Gasteiger partial charge in [0.25, 0.3) is 7.82 Å². The van der Waals surface area contributed by atoms with E-state index >= 15 is 0 Å². The second-order valence-electron chi connectivity index (χ2n) is 16.6. The van der Waals surface area contributed by atoms with E-state index in [2.05, 4.69) is 29.9 Å². The summed E-state index contributed by atoms with van der Waals surface area (Å²) in [4.78, 5) is 58.4. The first-order valence-corrected chi connectivity index (χ1v) is 23.3. The minimum absolute atomic E-state index is 0. The molecule has 8 atom stereocenters. The molecule has 0 radical (unpaired) electrons. The number of carbonyl (C=O) groups excluding carboxylic acids is 4. The fourth-order valence-corrected chi connectivity index (χ4v) is 8.70. The van der Waals surface area contributed by atoms with E-state index in [4.69, 9.17) is 33.4 Å². The van der Waals surface area contributed by atoms with Gasteiger partial charge in [-0.15, -0.1) is 0 Å². The molecule has 24 heteroatoms. The van der Waals surface area contributed by atoms with Crippen LogP contribution < -0.4 is 34.5 Å². The minimum atomic E-state index is -4.42. The number of Topliss-reactive ketones (excluding diaryl/α,β-unsaturated/α-hetero) is 2. The molecule has 20 nitrogen and oxygen atoms in total. The zero-order valence-electron chi connectivity index (χ0n) is 38.1. The molecule has 0 saturated heterocycles. The summed E-state index contributed by atoms with van der Waals surface area (Å²) >= 11 is 2.94. The van der Waals surface area contributed by atoms with E-state index in [-0.39, 0.29) is 58.3 Å². The van der Waals surface area contributed by atoms with Gasteiger partial charge in [0, 0.05) is 19.5 Å². The quantitative estimate of drug-likeness (QED) is 0.0631. The predicted molar refractivity (Wildman–Crippen MR) is 226 cm³/mol. The smallest absolute Gasteiger partial charge is 0.756 e. The number of aliphatic hydroxyl groups is 6. The molecule has 4 rings (SSSR count). The summed E-state index contributed by atoms with van der Waals surface area (Å²) in [6, 6.07) is 0. The number of esters is 2. The molecule has 0 fully saturated rings. The number of cyclic esters (lactones) is 2. The molecule has 0 aromatic carbocycles. The van der Waals surface area contributed by atoms with E-state index in [1.54, 1.807) is 13.8 Å². The Morgan fingerprint density at radius 1 is 0.750 bits per heavy atom. The molecule has 0 amide bonds. The molecule has 6 N–H and O–H groups in total. The summed E-state index contributed by atoms with van der Waals surface area (Å²) in [6.07, 6.45) is -3.17. The Balaban J connectivity index is 0.000000530. The Hall–Kier alpha value is -2.46. The molecule has 4 aliphatic rings. The summed E-state index contributed by atoms with van der Waals surface area (Å²) in [7, 11) is -6.64. The third kappa shape index (κ3) is 15.3. The van der Waals surface area contributed by atoms with Gasteiger partial charge in [0.2, 0.25) is 11.5 Å². The van der Waals surface area contributed by atoms with Crippen molar-refractivity contribution in [1.82, 2.24) is 0 Å². The summed E-state index contributed by atoms with van der Waals surface area (Å²) in [5.41, 5.74) is 4.15. The molecule has 64 heavy (non-hydrogen) atoms. The molecular weight excluding hydrogens is 965 g/mol. The molecule has 0 aromatic rings. The molecule has 0 aromatic heterocycles. The Morgan fingerprint density at radius 2 is 1.12 bits per heavy atom. The molecule has 0 saturated carbocycles. The van der Waals surface area contributed by atoms with Crippen LogP contribution in [0, 0.1) is 10.8 Å². The molecule has 2 aliphatic carbocycles. The van der Waals surface area contributed by atoms with Crippen molar-refractivity contribution in [3.05, 3.63) is 68.6 Å². The monoisotopic (exact) mass is 1020 g/mol. The number of alkyl halides is 1. The SMILES string of the molecule is COP(=O)(OC[C@H](O)[C@H]1OC(=O)C(O)=C1O)OC1CC(C)(C)C(C=C(C)C)=C(C)C1=O.COP(=O)([O-])OC1CC(C)(C)C(C=C(C)C)=C(C)C1=O.O=C1O[C@H]([C@@H](O)CBr)C(O)=C1O.[Na+]. The molecular formula is C40H58BrNaO20P2. The molecule has 356 valence electrons. The number of halogens is 1. The average molecular weight is 1020 g/mol. The van der Waals surface area contributed by atoms with E-state index in [0.717, 1.165) is 36.5 Å². The minimum Gasteiger partial charge on any atom is -0.756 e. The van der Waals surface area contributed by atoms with Crippen LogP contribution in [0.3, 0.4) is 0 Å². The topological polar surface area (TPSA) is 311 Å². The number of rotatable bonds is 14.